The van der Waals surface area contributed by atoms with Crippen molar-refractivity contribution < 1.29 is 14.6 Å². The van der Waals surface area contributed by atoms with Crippen molar-refractivity contribution in [3.05, 3.63) is 117 Å². The highest BCUT2D eigenvalue weighted by Gasteiger charge is 2.33. The van der Waals surface area contributed by atoms with Gasteiger partial charge in [-0.1, -0.05) is 78.4 Å². The summed E-state index contributed by atoms with van der Waals surface area (Å²) in [5.41, 5.74) is 9.27. The average molecular weight is 528 g/mol. The van der Waals surface area contributed by atoms with Crippen LogP contribution in [0.4, 0.5) is 0 Å². The summed E-state index contributed by atoms with van der Waals surface area (Å²) in [5, 5.41) is 10.7. The molecule has 0 unspecified atom stereocenters. The van der Waals surface area contributed by atoms with Gasteiger partial charge in [0.05, 0.1) is 12.0 Å². The molecule has 0 bridgehead atoms. The Morgan fingerprint density at radius 3 is 2.08 bits per heavy atom. The summed E-state index contributed by atoms with van der Waals surface area (Å²) < 4.78 is 6.27. The van der Waals surface area contributed by atoms with Crippen LogP contribution in [-0.2, 0) is 22.6 Å². The number of aliphatic hydroxyl groups excluding tert-OH is 1. The van der Waals surface area contributed by atoms with Gasteiger partial charge in [-0.25, -0.2) is 0 Å². The second kappa shape index (κ2) is 13.7. The Kier molecular flexibility index (Phi) is 10.7. The fraction of sp³-hybridized carbons (Fsp3) is 0.400. The number of carbonyl (C=O) groups is 1. The lowest BCUT2D eigenvalue weighted by Gasteiger charge is -2.36. The number of aliphatic hydroxyl groups is 1. The maximum atomic E-state index is 13.4. The molecule has 3 aromatic rings. The van der Waals surface area contributed by atoms with Crippen LogP contribution in [0.5, 0.6) is 0 Å². The first kappa shape index (κ1) is 30.3. The Labute approximate surface area is 235 Å². The van der Waals surface area contributed by atoms with Crippen molar-refractivity contribution in [1.29, 1.82) is 0 Å². The molecule has 0 aliphatic heterocycles. The number of ether oxygens (including phenoxy) is 1. The summed E-state index contributed by atoms with van der Waals surface area (Å²) in [4.78, 5) is 15.8. The second-order valence-electron chi connectivity index (χ2n) is 11.0. The molecule has 0 radical (unpaired) electrons. The zero-order valence-electron chi connectivity index (χ0n) is 24.9. The molecule has 0 aromatic heterocycles. The summed E-state index contributed by atoms with van der Waals surface area (Å²) in [6.45, 7) is 17.6. The topological polar surface area (TPSA) is 49.8 Å². The van der Waals surface area contributed by atoms with E-state index in [1.807, 2.05) is 50.3 Å². The SMILES string of the molecule is C/C=C(\C)[C@@H](O)[C@H](C)C(=O)O[C@H](c1ccccc1)[C@H](C)N(Cc1ccccc1C)Cc1c(C)cc(C)cc1C. The van der Waals surface area contributed by atoms with Gasteiger partial charge in [0.15, 0.2) is 0 Å². The number of carbonyl (C=O) groups excluding carboxylic acids is 1. The van der Waals surface area contributed by atoms with Gasteiger partial charge in [-0.2, -0.15) is 0 Å². The van der Waals surface area contributed by atoms with Gasteiger partial charge in [-0.05, 0) is 94.3 Å². The zero-order chi connectivity index (χ0) is 28.7. The van der Waals surface area contributed by atoms with Crippen LogP contribution >= 0.6 is 0 Å². The molecule has 0 saturated carbocycles. The highest BCUT2D eigenvalue weighted by Crippen LogP contribution is 2.31. The molecule has 4 nitrogen and oxygen atoms in total. The normalized spacial score (nSPS) is 15.1. The van der Waals surface area contributed by atoms with Crippen molar-refractivity contribution in [2.24, 2.45) is 5.92 Å². The third-order valence-corrected chi connectivity index (χ3v) is 7.99. The van der Waals surface area contributed by atoms with Crippen molar-refractivity contribution in [3.63, 3.8) is 0 Å². The standard InChI is InChI=1S/C35H45NO3/c1-9-24(3)33(37)28(7)35(38)39-34(30-16-11-10-12-17-30)29(8)36(21-31-18-14-13-15-25(31)4)22-32-26(5)19-23(2)20-27(32)6/h9-20,28-29,33-34,37H,21-22H2,1-8H3/b24-9+/t28-,29-,33+,34-/m0/s1. The minimum Gasteiger partial charge on any atom is -0.456 e. The third-order valence-electron chi connectivity index (χ3n) is 7.99. The van der Waals surface area contributed by atoms with E-state index < -0.39 is 24.1 Å². The highest BCUT2D eigenvalue weighted by molar-refractivity contribution is 5.73. The lowest BCUT2D eigenvalue weighted by molar-refractivity contribution is -0.160. The molecule has 3 aromatic carbocycles. The first-order chi connectivity index (χ1) is 18.5. The van der Waals surface area contributed by atoms with Crippen LogP contribution in [0, 0.1) is 33.6 Å². The van der Waals surface area contributed by atoms with Crippen molar-refractivity contribution in [1.82, 2.24) is 4.90 Å². The molecule has 0 fully saturated rings. The third kappa shape index (κ3) is 7.68. The molecule has 4 atom stereocenters. The van der Waals surface area contributed by atoms with Crippen molar-refractivity contribution in [3.8, 4) is 0 Å². The molecule has 0 heterocycles. The Morgan fingerprint density at radius 1 is 0.897 bits per heavy atom. The molecular weight excluding hydrogens is 482 g/mol. The molecule has 3 rings (SSSR count). The van der Waals surface area contributed by atoms with E-state index in [2.05, 4.69) is 75.9 Å². The number of rotatable bonds is 11. The zero-order valence-corrected chi connectivity index (χ0v) is 24.9. The molecule has 208 valence electrons. The Balaban J connectivity index is 2.02. The van der Waals surface area contributed by atoms with E-state index in [0.717, 1.165) is 24.2 Å². The van der Waals surface area contributed by atoms with Gasteiger partial charge < -0.3 is 9.84 Å². The Hall–Kier alpha value is -3.21. The fourth-order valence-corrected chi connectivity index (χ4v) is 5.22. The van der Waals surface area contributed by atoms with Gasteiger partial charge in [0.25, 0.3) is 0 Å². The van der Waals surface area contributed by atoms with Crippen LogP contribution in [0.3, 0.4) is 0 Å². The number of hydrogen-bond acceptors (Lipinski definition) is 4. The van der Waals surface area contributed by atoms with Gasteiger partial charge in [0, 0.05) is 19.1 Å². The number of esters is 1. The van der Waals surface area contributed by atoms with E-state index in [9.17, 15) is 9.90 Å². The van der Waals surface area contributed by atoms with E-state index >= 15 is 0 Å². The number of nitrogens with zero attached hydrogens (tertiary/aromatic N) is 1. The summed E-state index contributed by atoms with van der Waals surface area (Å²) >= 11 is 0. The fourth-order valence-electron chi connectivity index (χ4n) is 5.22. The lowest BCUT2D eigenvalue weighted by Crippen LogP contribution is -2.40. The van der Waals surface area contributed by atoms with Crippen molar-refractivity contribution in [2.75, 3.05) is 0 Å². The van der Waals surface area contributed by atoms with Crippen molar-refractivity contribution >= 4 is 5.97 Å². The number of benzene rings is 3. The van der Waals surface area contributed by atoms with E-state index in [-0.39, 0.29) is 6.04 Å². The van der Waals surface area contributed by atoms with E-state index in [1.165, 1.54) is 33.4 Å². The van der Waals surface area contributed by atoms with Gasteiger partial charge in [-0.3, -0.25) is 9.69 Å². The summed E-state index contributed by atoms with van der Waals surface area (Å²) in [6.07, 6.45) is 0.451. The van der Waals surface area contributed by atoms with Gasteiger partial charge in [0.2, 0.25) is 0 Å². The minimum absolute atomic E-state index is 0.136. The molecule has 39 heavy (non-hydrogen) atoms. The maximum absolute atomic E-state index is 13.4. The minimum atomic E-state index is -0.879. The molecule has 1 N–H and O–H groups in total. The largest absolute Gasteiger partial charge is 0.456 e. The first-order valence-corrected chi connectivity index (χ1v) is 13.9. The first-order valence-electron chi connectivity index (χ1n) is 13.9. The lowest BCUT2D eigenvalue weighted by atomic mass is 9.95. The number of allylic oxidation sites excluding steroid dienone is 1. The Bertz CT molecular complexity index is 1260. The predicted molar refractivity (Wildman–Crippen MR) is 160 cm³/mol. The molecule has 0 aliphatic carbocycles. The van der Waals surface area contributed by atoms with Crippen LogP contribution in [0.1, 0.15) is 72.7 Å². The van der Waals surface area contributed by atoms with Crippen LogP contribution in [0.2, 0.25) is 0 Å². The summed E-state index contributed by atoms with van der Waals surface area (Å²) in [5.74, 6) is -1.08. The predicted octanol–water partition coefficient (Wildman–Crippen LogP) is 7.56. The summed E-state index contributed by atoms with van der Waals surface area (Å²) in [6, 6.07) is 22.7. The number of aryl methyl sites for hydroxylation is 4. The van der Waals surface area contributed by atoms with Gasteiger partial charge >= 0.3 is 5.97 Å². The van der Waals surface area contributed by atoms with Crippen LogP contribution in [0.15, 0.2) is 78.4 Å². The van der Waals surface area contributed by atoms with E-state index in [0.29, 0.717) is 0 Å². The quantitative estimate of drug-likeness (QED) is 0.206. The van der Waals surface area contributed by atoms with E-state index in [4.69, 9.17) is 4.74 Å². The number of hydrogen-bond donors (Lipinski definition) is 1. The van der Waals surface area contributed by atoms with E-state index in [1.54, 1.807) is 6.92 Å². The average Bonchev–Trinajstić information content (AvgIpc) is 2.92. The molecular formula is C35H45NO3. The molecule has 4 heteroatoms. The Morgan fingerprint density at radius 2 is 1.49 bits per heavy atom. The highest BCUT2D eigenvalue weighted by atomic mass is 16.5. The van der Waals surface area contributed by atoms with Gasteiger partial charge in [-0.15, -0.1) is 0 Å². The van der Waals surface area contributed by atoms with Gasteiger partial charge in [0.1, 0.15) is 6.10 Å². The van der Waals surface area contributed by atoms with Crippen LogP contribution in [-0.4, -0.2) is 28.1 Å². The molecule has 0 spiro atoms. The molecule has 0 saturated heterocycles. The summed E-state index contributed by atoms with van der Waals surface area (Å²) in [7, 11) is 0. The van der Waals surface area contributed by atoms with Crippen molar-refractivity contribution in [2.45, 2.75) is 86.7 Å². The monoisotopic (exact) mass is 527 g/mol. The molecule has 0 aliphatic rings. The smallest absolute Gasteiger partial charge is 0.312 e. The maximum Gasteiger partial charge on any atom is 0.312 e. The second-order valence-corrected chi connectivity index (χ2v) is 11.0. The van der Waals surface area contributed by atoms with Crippen LogP contribution < -0.4 is 0 Å². The molecule has 0 amide bonds. The van der Waals surface area contributed by atoms with Crippen LogP contribution in [0.25, 0.3) is 0 Å².